The van der Waals surface area contributed by atoms with E-state index in [0.717, 1.165) is 11.8 Å². The number of alkyl halides is 1. The average Bonchev–Trinajstić information content (AvgIpc) is 2.58. The van der Waals surface area contributed by atoms with Gasteiger partial charge in [-0.15, -0.1) is 0 Å². The van der Waals surface area contributed by atoms with Gasteiger partial charge in [-0.1, -0.05) is 27.7 Å². The molecule has 0 unspecified atom stereocenters. The lowest BCUT2D eigenvalue weighted by Crippen LogP contribution is -1.83. The van der Waals surface area contributed by atoms with E-state index < -0.39 is 11.9 Å². The Labute approximate surface area is 111 Å². The van der Waals surface area contributed by atoms with Crippen LogP contribution in [0.5, 0.6) is 0 Å². The number of rotatable bonds is 5. The highest BCUT2D eigenvalue weighted by Crippen LogP contribution is 2.28. The molecule has 0 aromatic carbocycles. The quantitative estimate of drug-likeness (QED) is 0.537. The maximum atomic E-state index is 12.4. The van der Waals surface area contributed by atoms with E-state index in [9.17, 15) is 13.2 Å². The number of aromatic nitrogens is 1. The summed E-state index contributed by atoms with van der Waals surface area (Å²) in [5.74, 6) is -1.24. The second-order valence-electron chi connectivity index (χ2n) is 2.60. The van der Waals surface area contributed by atoms with E-state index in [1.165, 1.54) is 0 Å². The molecule has 1 aromatic heterocycles. The van der Waals surface area contributed by atoms with Crippen molar-refractivity contribution in [3.63, 3.8) is 0 Å². The number of thioether (sulfide) groups is 1. The van der Waals surface area contributed by atoms with Crippen LogP contribution < -0.4 is 0 Å². The van der Waals surface area contributed by atoms with Crippen LogP contribution in [0.3, 0.4) is 0 Å². The van der Waals surface area contributed by atoms with E-state index >= 15 is 0 Å². The van der Waals surface area contributed by atoms with Crippen molar-refractivity contribution in [2.75, 3.05) is 5.75 Å². The molecule has 1 aromatic rings. The number of halogens is 5. The summed E-state index contributed by atoms with van der Waals surface area (Å²) in [6, 6.07) is 0. The van der Waals surface area contributed by atoms with Gasteiger partial charge in [0.2, 0.25) is 0 Å². The smallest absolute Gasteiger partial charge is 0.301 e. The molecule has 16 heavy (non-hydrogen) atoms. The molecule has 2 nitrogen and oxygen atoms in total. The van der Waals surface area contributed by atoms with E-state index in [0.29, 0.717) is 20.9 Å². The number of hydrogen-bond donors (Lipinski definition) is 0. The maximum absolute atomic E-state index is 12.4. The van der Waals surface area contributed by atoms with Crippen LogP contribution in [0.25, 0.3) is 0 Å². The molecular formula is C8H6Br2F3NOS. The molecule has 0 aliphatic rings. The van der Waals surface area contributed by atoms with Crippen LogP contribution >= 0.6 is 43.6 Å². The zero-order valence-electron chi connectivity index (χ0n) is 7.77. The fourth-order valence-corrected chi connectivity index (χ4v) is 2.80. The van der Waals surface area contributed by atoms with E-state index in [2.05, 4.69) is 36.8 Å². The molecule has 0 aliphatic carbocycles. The van der Waals surface area contributed by atoms with Gasteiger partial charge in [-0.05, 0) is 15.9 Å². The Morgan fingerprint density at radius 1 is 1.38 bits per heavy atom. The minimum absolute atomic E-state index is 0.151. The molecule has 0 radical (unpaired) electrons. The van der Waals surface area contributed by atoms with Gasteiger partial charge in [0.15, 0.2) is 10.5 Å². The summed E-state index contributed by atoms with van der Waals surface area (Å²) in [4.78, 5) is 4.05. The molecule has 1 heterocycles. The van der Waals surface area contributed by atoms with Crippen molar-refractivity contribution in [2.24, 2.45) is 0 Å². The van der Waals surface area contributed by atoms with Gasteiger partial charge >= 0.3 is 6.08 Å². The van der Waals surface area contributed by atoms with Crippen molar-refractivity contribution >= 4 is 43.6 Å². The van der Waals surface area contributed by atoms with Crippen molar-refractivity contribution < 1.29 is 17.6 Å². The van der Waals surface area contributed by atoms with Crippen LogP contribution in [0.1, 0.15) is 12.1 Å². The molecule has 0 amide bonds. The summed E-state index contributed by atoms with van der Waals surface area (Å²) in [7, 11) is 0. The largest absolute Gasteiger partial charge is 0.424 e. The average molecular weight is 381 g/mol. The predicted octanol–water partition coefficient (Wildman–Crippen LogP) is 4.89. The molecule has 0 N–H and O–H groups in total. The molecule has 0 saturated carbocycles. The second kappa shape index (κ2) is 6.70. The van der Waals surface area contributed by atoms with Crippen molar-refractivity contribution in [1.82, 2.24) is 4.98 Å². The zero-order valence-corrected chi connectivity index (χ0v) is 11.8. The third-order valence-electron chi connectivity index (χ3n) is 1.51. The minimum atomic E-state index is -2.27. The van der Waals surface area contributed by atoms with Gasteiger partial charge < -0.3 is 4.42 Å². The maximum Gasteiger partial charge on any atom is 0.301 e. The highest BCUT2D eigenvalue weighted by molar-refractivity contribution is 9.10. The lowest BCUT2D eigenvalue weighted by atomic mass is 10.4. The van der Waals surface area contributed by atoms with Gasteiger partial charge in [-0.2, -0.15) is 8.78 Å². The summed E-state index contributed by atoms with van der Waals surface area (Å²) >= 11 is 7.43. The third-order valence-corrected chi connectivity index (χ3v) is 3.49. The van der Waals surface area contributed by atoms with Gasteiger partial charge in [0, 0.05) is 12.2 Å². The van der Waals surface area contributed by atoms with E-state index in [-0.39, 0.29) is 12.2 Å². The van der Waals surface area contributed by atoms with Crippen LogP contribution in [-0.4, -0.2) is 10.7 Å². The van der Waals surface area contributed by atoms with E-state index in [4.69, 9.17) is 4.42 Å². The normalized spacial score (nSPS) is 10.6. The Bertz CT molecular complexity index is 393. The van der Waals surface area contributed by atoms with Gasteiger partial charge in [0.05, 0.1) is 5.33 Å². The highest BCUT2D eigenvalue weighted by Gasteiger charge is 2.11. The van der Waals surface area contributed by atoms with Crippen LogP contribution in [-0.2, 0) is 5.33 Å². The topological polar surface area (TPSA) is 26.0 Å². The first kappa shape index (κ1) is 14.1. The molecule has 0 aliphatic heterocycles. The Hall–Kier alpha value is 0.0500. The minimum Gasteiger partial charge on any atom is -0.424 e. The Kier molecular flexibility index (Phi) is 5.91. The van der Waals surface area contributed by atoms with Crippen LogP contribution in [0, 0.1) is 0 Å². The summed E-state index contributed by atoms with van der Waals surface area (Å²) < 4.78 is 41.5. The first-order valence-electron chi connectivity index (χ1n) is 4.08. The molecule has 1 rings (SSSR count). The van der Waals surface area contributed by atoms with Crippen molar-refractivity contribution in [3.05, 3.63) is 22.3 Å². The SMILES string of the molecule is FC(F)=C(F)CCSc1nc(CBr)c(Br)o1. The van der Waals surface area contributed by atoms with Crippen molar-refractivity contribution in [3.8, 4) is 0 Å². The van der Waals surface area contributed by atoms with Crippen LogP contribution in [0.4, 0.5) is 13.2 Å². The Morgan fingerprint density at radius 3 is 2.56 bits per heavy atom. The van der Waals surface area contributed by atoms with Gasteiger partial charge in [-0.25, -0.2) is 9.37 Å². The third kappa shape index (κ3) is 4.14. The Balaban J connectivity index is 2.46. The fourth-order valence-electron chi connectivity index (χ4n) is 0.779. The lowest BCUT2D eigenvalue weighted by molar-refractivity contribution is 0.373. The predicted molar refractivity (Wildman–Crippen MR) is 62.5 cm³/mol. The molecule has 0 fully saturated rings. The number of hydrogen-bond acceptors (Lipinski definition) is 3. The standard InChI is InChI=1S/C8H6Br2F3NOS/c9-3-5-6(10)15-8(14-5)16-2-1-4(11)7(12)13/h1-3H2. The molecule has 0 atom stereocenters. The molecular weight excluding hydrogens is 375 g/mol. The zero-order chi connectivity index (χ0) is 12.1. The van der Waals surface area contributed by atoms with Crippen molar-refractivity contribution in [2.45, 2.75) is 17.0 Å². The van der Waals surface area contributed by atoms with E-state index in [1.807, 2.05) is 0 Å². The first-order chi connectivity index (χ1) is 7.54. The number of oxazole rings is 1. The summed E-state index contributed by atoms with van der Waals surface area (Å²) in [6.45, 7) is 0. The summed E-state index contributed by atoms with van der Waals surface area (Å²) in [5, 5.41) is 0.846. The fraction of sp³-hybridized carbons (Fsp3) is 0.375. The molecule has 0 spiro atoms. The van der Waals surface area contributed by atoms with E-state index in [1.54, 1.807) is 0 Å². The molecule has 8 heteroatoms. The molecule has 90 valence electrons. The number of nitrogens with zero attached hydrogens (tertiary/aromatic N) is 1. The Morgan fingerprint density at radius 2 is 2.06 bits per heavy atom. The first-order valence-corrected chi connectivity index (χ1v) is 6.98. The summed E-state index contributed by atoms with van der Waals surface area (Å²) in [6.07, 6.45) is -2.60. The highest BCUT2D eigenvalue weighted by atomic mass is 79.9. The van der Waals surface area contributed by atoms with Gasteiger partial charge in [0.25, 0.3) is 5.22 Å². The van der Waals surface area contributed by atoms with Gasteiger partial charge in [0.1, 0.15) is 5.69 Å². The monoisotopic (exact) mass is 379 g/mol. The molecule has 0 bridgehead atoms. The second-order valence-corrected chi connectivity index (χ2v) is 4.92. The molecule has 0 saturated heterocycles. The number of allylic oxidation sites excluding steroid dienone is 1. The lowest BCUT2D eigenvalue weighted by Gasteiger charge is -1.94. The van der Waals surface area contributed by atoms with Gasteiger partial charge in [-0.3, -0.25) is 0 Å². The van der Waals surface area contributed by atoms with Crippen LogP contribution in [0.2, 0.25) is 0 Å². The van der Waals surface area contributed by atoms with Crippen LogP contribution in [0.15, 0.2) is 26.2 Å². The van der Waals surface area contributed by atoms with Crippen molar-refractivity contribution in [1.29, 1.82) is 0 Å². The summed E-state index contributed by atoms with van der Waals surface area (Å²) in [5.41, 5.74) is 0.676.